The van der Waals surface area contributed by atoms with Gasteiger partial charge in [0, 0.05) is 36.1 Å². The Balaban J connectivity index is 1.50. The number of carbonyl (C=O) groups excluding carboxylic acids is 2. The molecule has 2 aromatic carbocycles. The standard InChI is InChI=1S/C19H18BrN3O2/c20-15-7-3-1-5-13(15)18(25)23-11-9-19(10-12-23)21-16-8-4-2-6-14(16)17(24)22-19/h1-8,21H,9-12H2,(H,22,24). The molecule has 1 fully saturated rings. The largest absolute Gasteiger partial charge is 0.362 e. The second-order valence-corrected chi connectivity index (χ2v) is 7.33. The maximum absolute atomic E-state index is 12.7. The molecule has 0 aromatic heterocycles. The normalized spacial score (nSPS) is 18.3. The number of para-hydroxylation sites is 1. The number of amides is 2. The minimum Gasteiger partial charge on any atom is -0.362 e. The summed E-state index contributed by atoms with van der Waals surface area (Å²) in [4.78, 5) is 27.0. The quantitative estimate of drug-likeness (QED) is 0.773. The van der Waals surface area contributed by atoms with Crippen molar-refractivity contribution < 1.29 is 9.59 Å². The Morgan fingerprint density at radius 3 is 2.44 bits per heavy atom. The van der Waals surface area contributed by atoms with Gasteiger partial charge in [0.05, 0.1) is 11.1 Å². The number of halogens is 1. The molecular weight excluding hydrogens is 382 g/mol. The number of carbonyl (C=O) groups is 2. The highest BCUT2D eigenvalue weighted by Gasteiger charge is 2.41. The highest BCUT2D eigenvalue weighted by Crippen LogP contribution is 2.32. The molecule has 0 atom stereocenters. The van der Waals surface area contributed by atoms with Gasteiger partial charge in [-0.05, 0) is 40.2 Å². The first kappa shape index (κ1) is 16.1. The van der Waals surface area contributed by atoms with E-state index in [-0.39, 0.29) is 11.8 Å². The number of likely N-dealkylation sites (tertiary alicyclic amines) is 1. The minimum atomic E-state index is -0.476. The van der Waals surface area contributed by atoms with Crippen LogP contribution in [0.25, 0.3) is 0 Å². The van der Waals surface area contributed by atoms with Gasteiger partial charge in [0.2, 0.25) is 0 Å². The van der Waals surface area contributed by atoms with E-state index < -0.39 is 5.66 Å². The zero-order chi connectivity index (χ0) is 17.4. The third-order valence-electron chi connectivity index (χ3n) is 4.91. The van der Waals surface area contributed by atoms with Crippen LogP contribution < -0.4 is 10.6 Å². The van der Waals surface area contributed by atoms with Crippen molar-refractivity contribution in [3.8, 4) is 0 Å². The van der Waals surface area contributed by atoms with E-state index in [4.69, 9.17) is 0 Å². The molecule has 128 valence electrons. The van der Waals surface area contributed by atoms with Gasteiger partial charge < -0.3 is 15.5 Å². The van der Waals surface area contributed by atoms with Gasteiger partial charge in [0.15, 0.2) is 0 Å². The summed E-state index contributed by atoms with van der Waals surface area (Å²) in [7, 11) is 0. The third-order valence-corrected chi connectivity index (χ3v) is 5.60. The highest BCUT2D eigenvalue weighted by atomic mass is 79.9. The Morgan fingerprint density at radius 1 is 1.00 bits per heavy atom. The summed E-state index contributed by atoms with van der Waals surface area (Å²) in [6.45, 7) is 1.19. The van der Waals surface area contributed by atoms with Gasteiger partial charge in [-0.15, -0.1) is 0 Å². The third kappa shape index (κ3) is 2.91. The molecule has 2 N–H and O–H groups in total. The lowest BCUT2D eigenvalue weighted by molar-refractivity contribution is 0.0639. The Kier molecular flexibility index (Phi) is 4.00. The Hall–Kier alpha value is -2.34. The van der Waals surface area contributed by atoms with Gasteiger partial charge >= 0.3 is 0 Å². The molecule has 2 aliphatic heterocycles. The van der Waals surface area contributed by atoms with Crippen LogP contribution in [0.3, 0.4) is 0 Å². The van der Waals surface area contributed by atoms with Crippen molar-refractivity contribution in [2.24, 2.45) is 0 Å². The van der Waals surface area contributed by atoms with Crippen molar-refractivity contribution >= 4 is 33.4 Å². The summed E-state index contributed by atoms with van der Waals surface area (Å²) in [5, 5.41) is 6.58. The molecule has 0 aliphatic carbocycles. The summed E-state index contributed by atoms with van der Waals surface area (Å²) in [6.07, 6.45) is 1.34. The molecule has 4 rings (SSSR count). The van der Waals surface area contributed by atoms with E-state index in [1.165, 1.54) is 0 Å². The fourth-order valence-electron chi connectivity index (χ4n) is 3.51. The van der Waals surface area contributed by atoms with Gasteiger partial charge in [0.25, 0.3) is 11.8 Å². The summed E-state index contributed by atoms with van der Waals surface area (Å²) in [5.74, 6) is -0.0372. The van der Waals surface area contributed by atoms with E-state index in [9.17, 15) is 9.59 Å². The first-order chi connectivity index (χ1) is 12.1. The molecule has 2 amide bonds. The minimum absolute atomic E-state index is 0.0184. The first-order valence-corrected chi connectivity index (χ1v) is 9.11. The van der Waals surface area contributed by atoms with Crippen LogP contribution in [0.5, 0.6) is 0 Å². The molecule has 5 nitrogen and oxygen atoms in total. The van der Waals surface area contributed by atoms with Gasteiger partial charge in [-0.3, -0.25) is 9.59 Å². The molecule has 2 aromatic rings. The van der Waals surface area contributed by atoms with Gasteiger partial charge in [0.1, 0.15) is 5.66 Å². The fourth-order valence-corrected chi connectivity index (χ4v) is 3.96. The number of fused-ring (bicyclic) bond motifs is 1. The Morgan fingerprint density at radius 2 is 1.68 bits per heavy atom. The van der Waals surface area contributed by atoms with Crippen LogP contribution in [0.15, 0.2) is 53.0 Å². The molecule has 1 spiro atoms. The molecule has 1 saturated heterocycles. The molecule has 6 heteroatoms. The van der Waals surface area contributed by atoms with Crippen molar-refractivity contribution in [1.82, 2.24) is 10.2 Å². The lowest BCUT2D eigenvalue weighted by Gasteiger charge is -2.45. The van der Waals surface area contributed by atoms with Crippen LogP contribution in [-0.2, 0) is 0 Å². The predicted octanol–water partition coefficient (Wildman–Crippen LogP) is 3.24. The van der Waals surface area contributed by atoms with Crippen LogP contribution >= 0.6 is 15.9 Å². The van der Waals surface area contributed by atoms with Gasteiger partial charge in [-0.2, -0.15) is 0 Å². The molecule has 2 heterocycles. The number of nitrogens with one attached hydrogen (secondary N) is 2. The number of piperidine rings is 1. The Bertz CT molecular complexity index is 844. The van der Waals surface area contributed by atoms with Gasteiger partial charge in [-0.25, -0.2) is 0 Å². The summed E-state index contributed by atoms with van der Waals surface area (Å²) in [6, 6.07) is 15.0. The topological polar surface area (TPSA) is 61.4 Å². The van der Waals surface area contributed by atoms with E-state index in [0.29, 0.717) is 37.1 Å². The number of hydrogen-bond donors (Lipinski definition) is 2. The number of anilines is 1. The lowest BCUT2D eigenvalue weighted by Crippen LogP contribution is -2.62. The highest BCUT2D eigenvalue weighted by molar-refractivity contribution is 9.10. The second-order valence-electron chi connectivity index (χ2n) is 6.48. The SMILES string of the molecule is O=C1NC2(CCN(C(=O)c3ccccc3Br)CC2)Nc2ccccc21. The zero-order valence-corrected chi connectivity index (χ0v) is 15.2. The number of benzene rings is 2. The maximum Gasteiger partial charge on any atom is 0.255 e. The van der Waals surface area contributed by atoms with Crippen molar-refractivity contribution in [2.75, 3.05) is 18.4 Å². The molecular formula is C19H18BrN3O2. The average Bonchev–Trinajstić information content (AvgIpc) is 2.62. The van der Waals surface area contributed by atoms with E-state index in [0.717, 1.165) is 10.2 Å². The first-order valence-electron chi connectivity index (χ1n) is 8.32. The maximum atomic E-state index is 12.7. The van der Waals surface area contributed by atoms with E-state index in [1.54, 1.807) is 0 Å². The fraction of sp³-hybridized carbons (Fsp3) is 0.263. The van der Waals surface area contributed by atoms with Crippen LogP contribution in [-0.4, -0.2) is 35.5 Å². The van der Waals surface area contributed by atoms with E-state index >= 15 is 0 Å². The molecule has 25 heavy (non-hydrogen) atoms. The molecule has 0 radical (unpaired) electrons. The second kappa shape index (κ2) is 6.19. The Labute approximate surface area is 154 Å². The van der Waals surface area contributed by atoms with Crippen LogP contribution in [0.4, 0.5) is 5.69 Å². The van der Waals surface area contributed by atoms with E-state index in [1.807, 2.05) is 53.4 Å². The zero-order valence-electron chi connectivity index (χ0n) is 13.6. The van der Waals surface area contributed by atoms with Gasteiger partial charge in [-0.1, -0.05) is 24.3 Å². The summed E-state index contributed by atoms with van der Waals surface area (Å²) < 4.78 is 0.804. The van der Waals surface area contributed by atoms with Crippen LogP contribution in [0.1, 0.15) is 33.6 Å². The smallest absolute Gasteiger partial charge is 0.255 e. The number of nitrogens with zero attached hydrogens (tertiary/aromatic N) is 1. The predicted molar refractivity (Wildman–Crippen MR) is 99.5 cm³/mol. The van der Waals surface area contributed by atoms with Crippen molar-refractivity contribution in [3.63, 3.8) is 0 Å². The number of rotatable bonds is 1. The monoisotopic (exact) mass is 399 g/mol. The summed E-state index contributed by atoms with van der Waals surface area (Å²) >= 11 is 3.44. The molecule has 0 unspecified atom stereocenters. The molecule has 0 bridgehead atoms. The van der Waals surface area contributed by atoms with Crippen molar-refractivity contribution in [2.45, 2.75) is 18.5 Å². The molecule has 0 saturated carbocycles. The van der Waals surface area contributed by atoms with Crippen LogP contribution in [0, 0.1) is 0 Å². The van der Waals surface area contributed by atoms with Crippen LogP contribution in [0.2, 0.25) is 0 Å². The number of hydrogen-bond acceptors (Lipinski definition) is 3. The average molecular weight is 400 g/mol. The lowest BCUT2D eigenvalue weighted by atomic mass is 9.92. The summed E-state index contributed by atoms with van der Waals surface area (Å²) in [5.41, 5.74) is 1.72. The van der Waals surface area contributed by atoms with Crippen molar-refractivity contribution in [1.29, 1.82) is 0 Å². The molecule has 2 aliphatic rings. The van der Waals surface area contributed by atoms with E-state index in [2.05, 4.69) is 26.6 Å². The van der Waals surface area contributed by atoms with Crippen molar-refractivity contribution in [3.05, 3.63) is 64.1 Å².